The summed E-state index contributed by atoms with van der Waals surface area (Å²) in [6.07, 6.45) is 2.94. The molecule has 0 fully saturated rings. The quantitative estimate of drug-likeness (QED) is 0.538. The Morgan fingerprint density at radius 1 is 1.12 bits per heavy atom. The van der Waals surface area contributed by atoms with E-state index in [1.807, 2.05) is 18.2 Å². The minimum absolute atomic E-state index is 0.0520. The molecule has 0 saturated carbocycles. The third kappa shape index (κ3) is 3.80. The Kier molecular flexibility index (Phi) is 4.74. The number of nitrogens with zero attached hydrogens (tertiary/aromatic N) is 3. The summed E-state index contributed by atoms with van der Waals surface area (Å²) >= 11 is 1.66. The summed E-state index contributed by atoms with van der Waals surface area (Å²) in [5.41, 5.74) is 1.00. The van der Waals surface area contributed by atoms with Crippen LogP contribution in [-0.4, -0.2) is 27.6 Å². The SMILES string of the molecule is O=C(CCc1nc(-c2ccco2)no1)NCCc1nc2ccccc2s1. The molecule has 0 saturated heterocycles. The number of rotatable bonds is 7. The normalized spacial score (nSPS) is 11.1. The first-order chi connectivity index (χ1) is 12.8. The number of hydrogen-bond donors (Lipinski definition) is 1. The number of fused-ring (bicyclic) bond motifs is 1. The number of nitrogens with one attached hydrogen (secondary N) is 1. The van der Waals surface area contributed by atoms with Gasteiger partial charge < -0.3 is 14.3 Å². The first kappa shape index (κ1) is 16.5. The molecule has 4 rings (SSSR count). The van der Waals surface area contributed by atoms with Crippen LogP contribution in [0, 0.1) is 0 Å². The number of furan rings is 1. The molecule has 0 aliphatic carbocycles. The molecule has 0 radical (unpaired) electrons. The molecule has 1 amide bonds. The minimum atomic E-state index is -0.0520. The minimum Gasteiger partial charge on any atom is -0.461 e. The van der Waals surface area contributed by atoms with Crippen molar-refractivity contribution in [3.8, 4) is 11.6 Å². The highest BCUT2D eigenvalue weighted by atomic mass is 32.1. The zero-order valence-corrected chi connectivity index (χ0v) is 14.7. The third-order valence-corrected chi connectivity index (χ3v) is 4.87. The Bertz CT molecular complexity index is 973. The maximum absolute atomic E-state index is 12.0. The van der Waals surface area contributed by atoms with Crippen molar-refractivity contribution in [1.82, 2.24) is 20.4 Å². The van der Waals surface area contributed by atoms with E-state index in [9.17, 15) is 4.79 Å². The molecule has 0 spiro atoms. The van der Waals surface area contributed by atoms with E-state index in [1.54, 1.807) is 29.7 Å². The Morgan fingerprint density at radius 2 is 2.04 bits per heavy atom. The number of carbonyl (C=O) groups is 1. The smallest absolute Gasteiger partial charge is 0.238 e. The largest absolute Gasteiger partial charge is 0.461 e. The van der Waals surface area contributed by atoms with Crippen molar-refractivity contribution in [3.63, 3.8) is 0 Å². The summed E-state index contributed by atoms with van der Waals surface area (Å²) in [5, 5.41) is 7.76. The number of carbonyl (C=O) groups excluding carboxylic acids is 1. The molecular weight excluding hydrogens is 352 g/mol. The van der Waals surface area contributed by atoms with E-state index in [2.05, 4.69) is 26.5 Å². The van der Waals surface area contributed by atoms with E-state index in [0.717, 1.165) is 15.2 Å². The lowest BCUT2D eigenvalue weighted by Gasteiger charge is -2.02. The predicted octanol–water partition coefficient (Wildman–Crippen LogP) is 3.23. The van der Waals surface area contributed by atoms with E-state index < -0.39 is 0 Å². The van der Waals surface area contributed by atoms with E-state index in [-0.39, 0.29) is 5.91 Å². The molecule has 7 nitrogen and oxygen atoms in total. The summed E-state index contributed by atoms with van der Waals surface area (Å²) in [5.74, 6) is 1.29. The van der Waals surface area contributed by atoms with E-state index in [0.29, 0.717) is 43.3 Å². The van der Waals surface area contributed by atoms with Crippen LogP contribution in [0.5, 0.6) is 0 Å². The maximum Gasteiger partial charge on any atom is 0.238 e. The average molecular weight is 368 g/mol. The highest BCUT2D eigenvalue weighted by Crippen LogP contribution is 2.21. The van der Waals surface area contributed by atoms with E-state index in [4.69, 9.17) is 8.94 Å². The van der Waals surface area contributed by atoms with Gasteiger partial charge in [-0.1, -0.05) is 17.3 Å². The van der Waals surface area contributed by atoms with Gasteiger partial charge in [0, 0.05) is 25.8 Å². The summed E-state index contributed by atoms with van der Waals surface area (Å²) in [6.45, 7) is 0.556. The van der Waals surface area contributed by atoms with E-state index >= 15 is 0 Å². The lowest BCUT2D eigenvalue weighted by molar-refractivity contribution is -0.121. The zero-order valence-electron chi connectivity index (χ0n) is 13.8. The second-order valence-electron chi connectivity index (χ2n) is 5.66. The van der Waals surface area contributed by atoms with Crippen LogP contribution in [0.15, 0.2) is 51.6 Å². The van der Waals surface area contributed by atoms with Gasteiger partial charge in [0.25, 0.3) is 0 Å². The topological polar surface area (TPSA) is 94.0 Å². The molecule has 4 aromatic rings. The zero-order chi connectivity index (χ0) is 17.8. The first-order valence-corrected chi connectivity index (χ1v) is 9.07. The second-order valence-corrected chi connectivity index (χ2v) is 6.78. The van der Waals surface area contributed by atoms with Gasteiger partial charge in [-0.2, -0.15) is 4.98 Å². The monoisotopic (exact) mass is 368 g/mol. The molecule has 8 heteroatoms. The van der Waals surface area contributed by atoms with Gasteiger partial charge in [0.15, 0.2) is 5.76 Å². The molecule has 3 heterocycles. The van der Waals surface area contributed by atoms with Crippen LogP contribution in [-0.2, 0) is 17.6 Å². The van der Waals surface area contributed by atoms with E-state index in [1.165, 1.54) is 0 Å². The van der Waals surface area contributed by atoms with Crippen LogP contribution in [0.1, 0.15) is 17.3 Å². The van der Waals surface area contributed by atoms with Crippen LogP contribution in [0.4, 0.5) is 0 Å². The van der Waals surface area contributed by atoms with Crippen LogP contribution < -0.4 is 5.32 Å². The fraction of sp³-hybridized carbons (Fsp3) is 0.222. The molecule has 0 aliphatic heterocycles. The molecule has 0 aliphatic rings. The summed E-state index contributed by atoms with van der Waals surface area (Å²) in [7, 11) is 0. The van der Waals surface area contributed by atoms with Crippen molar-refractivity contribution in [2.24, 2.45) is 0 Å². The highest BCUT2D eigenvalue weighted by Gasteiger charge is 2.12. The van der Waals surface area contributed by atoms with Crippen LogP contribution in [0.3, 0.4) is 0 Å². The fourth-order valence-electron chi connectivity index (χ4n) is 2.51. The van der Waals surface area contributed by atoms with Gasteiger partial charge in [0.2, 0.25) is 17.6 Å². The molecule has 1 aromatic carbocycles. The van der Waals surface area contributed by atoms with Gasteiger partial charge >= 0.3 is 0 Å². The number of hydrogen-bond acceptors (Lipinski definition) is 7. The highest BCUT2D eigenvalue weighted by molar-refractivity contribution is 7.18. The average Bonchev–Trinajstić information content (AvgIpc) is 3.38. The number of aromatic nitrogens is 3. The van der Waals surface area contributed by atoms with Crippen molar-refractivity contribution in [1.29, 1.82) is 0 Å². The van der Waals surface area contributed by atoms with Crippen molar-refractivity contribution in [2.75, 3.05) is 6.54 Å². The van der Waals surface area contributed by atoms with Crippen molar-refractivity contribution < 1.29 is 13.7 Å². The van der Waals surface area contributed by atoms with Gasteiger partial charge in [-0.25, -0.2) is 4.98 Å². The number of para-hydroxylation sites is 1. The molecular formula is C18H16N4O3S. The summed E-state index contributed by atoms with van der Waals surface area (Å²) in [4.78, 5) is 20.8. The van der Waals surface area contributed by atoms with Crippen molar-refractivity contribution >= 4 is 27.5 Å². The molecule has 0 unspecified atom stereocenters. The summed E-state index contributed by atoms with van der Waals surface area (Å²) in [6, 6.07) is 11.5. The number of amides is 1. The standard InChI is InChI=1S/C18H16N4O3S/c23-15(7-8-16-21-18(22-25-16)13-5-3-11-24-13)19-10-9-17-20-12-4-1-2-6-14(12)26-17/h1-6,11H,7-10H2,(H,19,23). The van der Waals surface area contributed by atoms with Crippen LogP contribution in [0.2, 0.25) is 0 Å². The molecule has 0 bridgehead atoms. The van der Waals surface area contributed by atoms with Crippen molar-refractivity contribution in [3.05, 3.63) is 53.6 Å². The Balaban J connectivity index is 1.23. The lowest BCUT2D eigenvalue weighted by Crippen LogP contribution is -2.25. The fourth-order valence-corrected chi connectivity index (χ4v) is 3.47. The van der Waals surface area contributed by atoms with Crippen LogP contribution in [0.25, 0.3) is 21.8 Å². The molecule has 132 valence electrons. The predicted molar refractivity (Wildman–Crippen MR) is 96.7 cm³/mol. The third-order valence-electron chi connectivity index (χ3n) is 3.77. The molecule has 1 N–H and O–H groups in total. The summed E-state index contributed by atoms with van der Waals surface area (Å²) < 4.78 is 11.5. The van der Waals surface area contributed by atoms with Crippen LogP contribution >= 0.6 is 11.3 Å². The van der Waals surface area contributed by atoms with Gasteiger partial charge in [-0.05, 0) is 24.3 Å². The Labute approximate surface area is 153 Å². The lowest BCUT2D eigenvalue weighted by atomic mass is 10.3. The Hall–Kier alpha value is -3.00. The first-order valence-electron chi connectivity index (χ1n) is 8.25. The second kappa shape index (κ2) is 7.49. The van der Waals surface area contributed by atoms with Gasteiger partial charge in [0.1, 0.15) is 0 Å². The number of thiazole rings is 1. The molecule has 26 heavy (non-hydrogen) atoms. The molecule has 3 aromatic heterocycles. The van der Waals surface area contributed by atoms with Gasteiger partial charge in [-0.15, -0.1) is 11.3 Å². The van der Waals surface area contributed by atoms with Crippen molar-refractivity contribution in [2.45, 2.75) is 19.3 Å². The number of benzene rings is 1. The van der Waals surface area contributed by atoms with Gasteiger partial charge in [0.05, 0.1) is 21.5 Å². The molecule has 0 atom stereocenters. The van der Waals surface area contributed by atoms with Gasteiger partial charge in [-0.3, -0.25) is 4.79 Å². The number of aryl methyl sites for hydroxylation is 1. The maximum atomic E-state index is 12.0. The Morgan fingerprint density at radius 3 is 2.88 bits per heavy atom.